The maximum absolute atomic E-state index is 14.2. The van der Waals surface area contributed by atoms with Crippen LogP contribution in [0.2, 0.25) is 0 Å². The highest BCUT2D eigenvalue weighted by molar-refractivity contribution is 6.03. The number of aromatic nitrogens is 2. The van der Waals surface area contributed by atoms with Gasteiger partial charge in [-0.15, -0.1) is 0 Å². The van der Waals surface area contributed by atoms with E-state index in [1.54, 1.807) is 23.0 Å². The van der Waals surface area contributed by atoms with Crippen LogP contribution in [0.25, 0.3) is 11.4 Å². The van der Waals surface area contributed by atoms with Crippen LogP contribution in [0.3, 0.4) is 0 Å². The van der Waals surface area contributed by atoms with Gasteiger partial charge < -0.3 is 19.3 Å². The molecule has 1 fully saturated rings. The predicted molar refractivity (Wildman–Crippen MR) is 157 cm³/mol. The van der Waals surface area contributed by atoms with Crippen LogP contribution in [0, 0.1) is 11.8 Å². The van der Waals surface area contributed by atoms with Crippen LogP contribution < -0.4 is 9.64 Å². The maximum atomic E-state index is 14.2. The lowest BCUT2D eigenvalue weighted by molar-refractivity contribution is -0.138. The Morgan fingerprint density at radius 1 is 1.07 bits per heavy atom. The first-order valence-corrected chi connectivity index (χ1v) is 14.4. The average molecular weight is 594 g/mol. The Balaban J connectivity index is 1.44. The van der Waals surface area contributed by atoms with Gasteiger partial charge in [-0.2, -0.15) is 13.2 Å². The number of halogens is 3. The second-order valence-corrected chi connectivity index (χ2v) is 11.5. The fourth-order valence-corrected chi connectivity index (χ4v) is 5.78. The molecule has 226 valence electrons. The zero-order valence-corrected chi connectivity index (χ0v) is 24.3. The summed E-state index contributed by atoms with van der Waals surface area (Å²) in [5.41, 5.74) is 0.254. The minimum absolute atomic E-state index is 0.0813. The molecule has 0 radical (unpaired) electrons. The summed E-state index contributed by atoms with van der Waals surface area (Å²) < 4.78 is 50.0. The average Bonchev–Trinajstić information content (AvgIpc) is 3.44. The molecule has 1 aliphatic carbocycles. The van der Waals surface area contributed by atoms with Crippen LogP contribution in [0.5, 0.6) is 11.5 Å². The van der Waals surface area contributed by atoms with E-state index in [4.69, 9.17) is 4.74 Å². The molecule has 0 spiro atoms. The number of pyridine rings is 1. The molecule has 1 amide bonds. The van der Waals surface area contributed by atoms with Crippen LogP contribution in [-0.4, -0.2) is 32.6 Å². The fraction of sp³-hybridized carbons (Fsp3) is 0.364. The van der Waals surface area contributed by atoms with Crippen molar-refractivity contribution in [3.8, 4) is 22.9 Å². The first kappa shape index (κ1) is 30.1. The van der Waals surface area contributed by atoms with Crippen molar-refractivity contribution in [3.63, 3.8) is 0 Å². The highest BCUT2D eigenvalue weighted by Crippen LogP contribution is 2.40. The number of carboxylic acids is 1. The van der Waals surface area contributed by atoms with E-state index in [9.17, 15) is 27.9 Å². The maximum Gasteiger partial charge on any atom is 0.419 e. The molecule has 0 atom stereocenters. The van der Waals surface area contributed by atoms with Gasteiger partial charge in [0.25, 0.3) is 0 Å². The molecule has 5 rings (SSSR count). The number of hydrogen-bond acceptors (Lipinski definition) is 4. The van der Waals surface area contributed by atoms with Crippen molar-refractivity contribution in [1.29, 1.82) is 0 Å². The summed E-state index contributed by atoms with van der Waals surface area (Å²) in [5, 5.41) is 10.1. The number of hydrogen-bond donors (Lipinski definition) is 1. The van der Waals surface area contributed by atoms with Gasteiger partial charge in [0.1, 0.15) is 17.3 Å². The Hall–Kier alpha value is -4.34. The van der Waals surface area contributed by atoms with E-state index in [-0.39, 0.29) is 41.4 Å². The second-order valence-electron chi connectivity index (χ2n) is 11.5. The number of amides is 1. The molecule has 1 N–H and O–H groups in total. The third-order valence-electron chi connectivity index (χ3n) is 8.03. The van der Waals surface area contributed by atoms with Crippen molar-refractivity contribution in [1.82, 2.24) is 9.55 Å². The molecule has 2 heterocycles. The number of anilines is 1. The predicted octanol–water partition coefficient (Wildman–Crippen LogP) is 8.11. The summed E-state index contributed by atoms with van der Waals surface area (Å²) in [4.78, 5) is 31.7. The molecule has 0 unspecified atom stereocenters. The number of aromatic carboxylic acids is 1. The number of carboxylic acid groups (broad SMARTS) is 1. The lowest BCUT2D eigenvalue weighted by Crippen LogP contribution is -2.42. The van der Waals surface area contributed by atoms with Crippen LogP contribution in [0.4, 0.5) is 18.9 Å². The zero-order valence-electron chi connectivity index (χ0n) is 24.3. The van der Waals surface area contributed by atoms with Crippen molar-refractivity contribution in [2.24, 2.45) is 11.8 Å². The van der Waals surface area contributed by atoms with Crippen molar-refractivity contribution in [2.75, 3.05) is 4.90 Å². The van der Waals surface area contributed by atoms with Crippen LogP contribution in [-0.2, 0) is 17.5 Å². The van der Waals surface area contributed by atoms with E-state index in [2.05, 4.69) is 11.9 Å². The number of rotatable bonds is 8. The first-order chi connectivity index (χ1) is 20.4. The standard InChI is InChI=1S/C33H34F3N3O4/c1-20(2)39(31(40)24-9-6-21(3)7-10-24)28-12-11-25(18-26(28)32(41)42)43-29-13-8-22(17-27(29)33(34,35)36)19-38-16-4-5-23-14-15-37-30(23)38/h4-5,8,11-18,20-21,24H,6-7,9-10,19H2,1-3H3,(H,41,42). The van der Waals surface area contributed by atoms with Gasteiger partial charge in [-0.05, 0) is 99.5 Å². The van der Waals surface area contributed by atoms with Gasteiger partial charge >= 0.3 is 12.1 Å². The van der Waals surface area contributed by atoms with Gasteiger partial charge in [-0.3, -0.25) is 4.79 Å². The molecule has 3 aliphatic rings. The van der Waals surface area contributed by atoms with E-state index in [0.717, 1.165) is 37.3 Å². The molecule has 7 nitrogen and oxygen atoms in total. The Labute approximate surface area is 248 Å². The third-order valence-corrected chi connectivity index (χ3v) is 8.03. The zero-order chi connectivity index (χ0) is 30.9. The molecule has 43 heavy (non-hydrogen) atoms. The van der Waals surface area contributed by atoms with Crippen molar-refractivity contribution in [3.05, 3.63) is 83.7 Å². The van der Waals surface area contributed by atoms with E-state index in [1.165, 1.54) is 35.2 Å². The SMILES string of the molecule is CC1CCC(C(=O)N(c2ccc(Oc3ccc(Cn4cccc5ccnc4-5)cc3C(F)(F)F)cc2C(=O)O)C(C)C)CC1. The highest BCUT2D eigenvalue weighted by atomic mass is 19.4. The summed E-state index contributed by atoms with van der Waals surface area (Å²) in [6.45, 7) is 5.93. The fourth-order valence-electron chi connectivity index (χ4n) is 5.78. The minimum Gasteiger partial charge on any atom is -0.478 e. The molecule has 0 aromatic heterocycles. The summed E-state index contributed by atoms with van der Waals surface area (Å²) in [6, 6.07) is 13.0. The first-order valence-electron chi connectivity index (χ1n) is 14.4. The van der Waals surface area contributed by atoms with E-state index in [1.807, 2.05) is 26.0 Å². The monoisotopic (exact) mass is 593 g/mol. The number of nitrogens with zero attached hydrogens (tertiary/aromatic N) is 3. The third kappa shape index (κ3) is 6.53. The summed E-state index contributed by atoms with van der Waals surface area (Å²) >= 11 is 0. The number of ether oxygens (including phenoxy) is 1. The summed E-state index contributed by atoms with van der Waals surface area (Å²) in [7, 11) is 0. The lowest BCUT2D eigenvalue weighted by Gasteiger charge is -2.34. The molecule has 2 aliphatic heterocycles. The quantitative estimate of drug-likeness (QED) is 0.223. The summed E-state index contributed by atoms with van der Waals surface area (Å²) in [5.74, 6) is -0.990. The van der Waals surface area contributed by atoms with Gasteiger partial charge in [-0.1, -0.05) is 13.0 Å². The van der Waals surface area contributed by atoms with Gasteiger partial charge in [0.05, 0.1) is 16.8 Å². The van der Waals surface area contributed by atoms with Gasteiger partial charge in [0.15, 0.2) is 0 Å². The van der Waals surface area contributed by atoms with Gasteiger partial charge in [-0.25, -0.2) is 9.78 Å². The van der Waals surface area contributed by atoms with Crippen LogP contribution in [0.15, 0.2) is 67.0 Å². The number of carbonyl (C=O) groups excluding carboxylic acids is 1. The van der Waals surface area contributed by atoms with Crippen molar-refractivity contribution in [2.45, 2.75) is 65.2 Å². The van der Waals surface area contributed by atoms with Crippen molar-refractivity contribution >= 4 is 17.6 Å². The number of fused-ring (bicyclic) bond motifs is 1. The minimum atomic E-state index is -4.73. The second kappa shape index (κ2) is 12.1. The largest absolute Gasteiger partial charge is 0.478 e. The van der Waals surface area contributed by atoms with E-state index in [0.29, 0.717) is 17.3 Å². The van der Waals surface area contributed by atoms with Crippen molar-refractivity contribution < 1.29 is 32.6 Å². The van der Waals surface area contributed by atoms with Gasteiger partial charge in [0.2, 0.25) is 5.91 Å². The molecular weight excluding hydrogens is 559 g/mol. The van der Waals surface area contributed by atoms with E-state index >= 15 is 0 Å². The molecule has 1 saturated carbocycles. The van der Waals surface area contributed by atoms with Crippen LogP contribution in [0.1, 0.15) is 67.9 Å². The normalized spacial score (nSPS) is 17.3. The molecule has 0 bridgehead atoms. The topological polar surface area (TPSA) is 84.7 Å². The number of alkyl halides is 3. The lowest BCUT2D eigenvalue weighted by atomic mass is 9.82. The smallest absolute Gasteiger partial charge is 0.419 e. The Morgan fingerprint density at radius 3 is 2.49 bits per heavy atom. The Bertz CT molecular complexity index is 1590. The van der Waals surface area contributed by atoms with E-state index < -0.39 is 23.5 Å². The molecular formula is C33H34F3N3O4. The van der Waals surface area contributed by atoms with Gasteiger partial charge in [0, 0.05) is 36.5 Å². The number of carbonyl (C=O) groups is 2. The molecule has 0 saturated heterocycles. The molecule has 2 aromatic rings. The molecule has 10 heteroatoms. The Kier molecular flexibility index (Phi) is 8.48. The number of benzene rings is 2. The Morgan fingerprint density at radius 2 is 1.81 bits per heavy atom. The molecule has 2 aromatic carbocycles. The highest BCUT2D eigenvalue weighted by Gasteiger charge is 2.36. The van der Waals surface area contributed by atoms with Crippen LogP contribution >= 0.6 is 0 Å². The summed E-state index contributed by atoms with van der Waals surface area (Å²) in [6.07, 6.45) is 2.00.